The zero-order valence-electron chi connectivity index (χ0n) is 12.8. The van der Waals surface area contributed by atoms with Crippen LogP contribution in [0.1, 0.15) is 42.6 Å². The second kappa shape index (κ2) is 6.31. The van der Waals surface area contributed by atoms with Crippen LogP contribution in [0.5, 0.6) is 5.75 Å². The van der Waals surface area contributed by atoms with Crippen LogP contribution in [0.25, 0.3) is 0 Å². The molecule has 4 nitrogen and oxygen atoms in total. The van der Waals surface area contributed by atoms with Crippen LogP contribution in [0.4, 0.5) is 0 Å². The molecule has 1 aromatic heterocycles. The summed E-state index contributed by atoms with van der Waals surface area (Å²) in [5.41, 5.74) is 4.00. The van der Waals surface area contributed by atoms with Gasteiger partial charge in [0.05, 0.1) is 12.8 Å². The number of aromatic nitrogens is 2. The Hall–Kier alpha value is -1.81. The Kier molecular flexibility index (Phi) is 4.25. The number of fused-ring (bicyclic) bond motifs is 1. The van der Waals surface area contributed by atoms with Crippen LogP contribution in [0, 0.1) is 0 Å². The molecule has 4 heteroatoms. The highest BCUT2D eigenvalue weighted by Gasteiger charge is 2.22. The van der Waals surface area contributed by atoms with Gasteiger partial charge in [0.2, 0.25) is 0 Å². The molecule has 0 bridgehead atoms. The monoisotopic (exact) mass is 285 g/mol. The van der Waals surface area contributed by atoms with Crippen molar-refractivity contribution in [1.29, 1.82) is 0 Å². The maximum Gasteiger partial charge on any atom is 0.119 e. The Morgan fingerprint density at radius 2 is 2.33 bits per heavy atom. The summed E-state index contributed by atoms with van der Waals surface area (Å²) in [6.07, 6.45) is 5.57. The van der Waals surface area contributed by atoms with Crippen molar-refractivity contribution in [2.45, 2.75) is 38.8 Å². The van der Waals surface area contributed by atoms with Crippen molar-refractivity contribution in [3.05, 3.63) is 47.3 Å². The lowest BCUT2D eigenvalue weighted by Crippen LogP contribution is -2.24. The van der Waals surface area contributed by atoms with Crippen LogP contribution in [-0.2, 0) is 20.0 Å². The minimum Gasteiger partial charge on any atom is -0.494 e. The molecule has 1 atom stereocenters. The third kappa shape index (κ3) is 3.10. The van der Waals surface area contributed by atoms with E-state index in [-0.39, 0.29) is 0 Å². The molecule has 1 aliphatic rings. The number of hydrogen-bond acceptors (Lipinski definition) is 3. The van der Waals surface area contributed by atoms with Gasteiger partial charge in [0.1, 0.15) is 5.75 Å². The third-order valence-corrected chi connectivity index (χ3v) is 4.14. The van der Waals surface area contributed by atoms with E-state index in [0.29, 0.717) is 12.6 Å². The maximum absolute atomic E-state index is 5.56. The molecule has 0 saturated carbocycles. The van der Waals surface area contributed by atoms with Crippen molar-refractivity contribution in [3.63, 3.8) is 0 Å². The summed E-state index contributed by atoms with van der Waals surface area (Å²) in [6.45, 7) is 3.58. The lowest BCUT2D eigenvalue weighted by molar-refractivity contribution is 0.339. The molecule has 2 aromatic rings. The maximum atomic E-state index is 5.56. The highest BCUT2D eigenvalue weighted by atomic mass is 16.5. The molecule has 0 aliphatic heterocycles. The first-order valence-electron chi connectivity index (χ1n) is 7.74. The molecule has 112 valence electrons. The van der Waals surface area contributed by atoms with E-state index >= 15 is 0 Å². The van der Waals surface area contributed by atoms with Crippen molar-refractivity contribution < 1.29 is 4.74 Å². The zero-order valence-corrected chi connectivity index (χ0v) is 12.8. The van der Waals surface area contributed by atoms with Gasteiger partial charge >= 0.3 is 0 Å². The molecule has 1 heterocycles. The largest absolute Gasteiger partial charge is 0.494 e. The fourth-order valence-corrected chi connectivity index (χ4v) is 3.07. The molecule has 1 aliphatic carbocycles. The van der Waals surface area contributed by atoms with E-state index in [1.165, 1.54) is 29.7 Å². The van der Waals surface area contributed by atoms with Crippen LogP contribution < -0.4 is 10.1 Å². The van der Waals surface area contributed by atoms with Gasteiger partial charge in [0.15, 0.2) is 0 Å². The number of aryl methyl sites for hydroxylation is 1. The number of hydrogen-bond donors (Lipinski definition) is 1. The second-order valence-corrected chi connectivity index (χ2v) is 5.58. The average molecular weight is 285 g/mol. The Labute approximate surface area is 126 Å². The Bertz CT molecular complexity index is 606. The predicted octanol–water partition coefficient (Wildman–Crippen LogP) is 2.99. The fourth-order valence-electron chi connectivity index (χ4n) is 3.07. The number of benzene rings is 1. The molecule has 3 rings (SSSR count). The number of nitrogens with zero attached hydrogens (tertiary/aromatic N) is 2. The van der Waals surface area contributed by atoms with E-state index in [1.54, 1.807) is 0 Å². The van der Waals surface area contributed by atoms with E-state index in [0.717, 1.165) is 18.7 Å². The summed E-state index contributed by atoms with van der Waals surface area (Å²) in [5.74, 6) is 0.947. The van der Waals surface area contributed by atoms with E-state index < -0.39 is 0 Å². The average Bonchev–Trinajstić information content (AvgIpc) is 2.88. The molecule has 0 amide bonds. The Morgan fingerprint density at radius 3 is 3.19 bits per heavy atom. The molecule has 1 N–H and O–H groups in total. The molecule has 0 saturated heterocycles. The molecule has 1 aromatic carbocycles. The van der Waals surface area contributed by atoms with E-state index in [2.05, 4.69) is 28.6 Å². The summed E-state index contributed by atoms with van der Waals surface area (Å²) in [6, 6.07) is 8.73. The van der Waals surface area contributed by atoms with Crippen LogP contribution in [-0.4, -0.2) is 16.4 Å². The first kappa shape index (κ1) is 14.1. The van der Waals surface area contributed by atoms with Gasteiger partial charge in [0, 0.05) is 30.9 Å². The van der Waals surface area contributed by atoms with Crippen molar-refractivity contribution in [2.75, 3.05) is 6.61 Å². The molecule has 0 fully saturated rings. The van der Waals surface area contributed by atoms with Crippen molar-refractivity contribution in [3.8, 4) is 5.75 Å². The van der Waals surface area contributed by atoms with E-state index in [1.807, 2.05) is 30.9 Å². The first-order chi connectivity index (χ1) is 10.3. The van der Waals surface area contributed by atoms with Gasteiger partial charge in [-0.25, -0.2) is 0 Å². The zero-order chi connectivity index (χ0) is 14.7. The molecular formula is C17H23N3O. The minimum absolute atomic E-state index is 0.415. The molecular weight excluding hydrogens is 262 g/mol. The SMILES string of the molecule is CCOc1cccc(CNC2CCCc3c2cnn3C)c1. The summed E-state index contributed by atoms with van der Waals surface area (Å²) >= 11 is 0. The van der Waals surface area contributed by atoms with E-state index in [9.17, 15) is 0 Å². The Morgan fingerprint density at radius 1 is 1.43 bits per heavy atom. The van der Waals surface area contributed by atoms with Crippen LogP contribution in [0.3, 0.4) is 0 Å². The van der Waals surface area contributed by atoms with Gasteiger partial charge in [-0.2, -0.15) is 5.10 Å². The van der Waals surface area contributed by atoms with Crippen LogP contribution in [0.15, 0.2) is 30.5 Å². The number of rotatable bonds is 5. The summed E-state index contributed by atoms with van der Waals surface area (Å²) in [7, 11) is 2.03. The van der Waals surface area contributed by atoms with Crippen LogP contribution >= 0.6 is 0 Å². The van der Waals surface area contributed by atoms with Crippen molar-refractivity contribution >= 4 is 0 Å². The fraction of sp³-hybridized carbons (Fsp3) is 0.471. The lowest BCUT2D eigenvalue weighted by Gasteiger charge is -2.24. The topological polar surface area (TPSA) is 39.1 Å². The highest BCUT2D eigenvalue weighted by Crippen LogP contribution is 2.29. The summed E-state index contributed by atoms with van der Waals surface area (Å²) < 4.78 is 7.57. The van der Waals surface area contributed by atoms with Gasteiger partial charge in [-0.3, -0.25) is 4.68 Å². The highest BCUT2D eigenvalue weighted by molar-refractivity contribution is 5.29. The summed E-state index contributed by atoms with van der Waals surface area (Å²) in [4.78, 5) is 0. The first-order valence-corrected chi connectivity index (χ1v) is 7.74. The molecule has 1 unspecified atom stereocenters. The molecule has 0 spiro atoms. The lowest BCUT2D eigenvalue weighted by atomic mass is 9.93. The van der Waals surface area contributed by atoms with Crippen LogP contribution in [0.2, 0.25) is 0 Å². The second-order valence-electron chi connectivity index (χ2n) is 5.58. The van der Waals surface area contributed by atoms with Gasteiger partial charge in [-0.1, -0.05) is 12.1 Å². The van der Waals surface area contributed by atoms with Gasteiger partial charge in [0.25, 0.3) is 0 Å². The third-order valence-electron chi connectivity index (χ3n) is 4.14. The quantitative estimate of drug-likeness (QED) is 0.918. The molecule has 0 radical (unpaired) electrons. The predicted molar refractivity (Wildman–Crippen MR) is 83.3 cm³/mol. The minimum atomic E-state index is 0.415. The summed E-state index contributed by atoms with van der Waals surface area (Å²) in [5, 5.41) is 8.07. The number of nitrogens with one attached hydrogen (secondary N) is 1. The standard InChI is InChI=1S/C17H23N3O/c1-3-21-14-7-4-6-13(10-14)11-18-16-8-5-9-17-15(16)12-19-20(17)2/h4,6-7,10,12,16,18H,3,5,8-9,11H2,1-2H3. The smallest absolute Gasteiger partial charge is 0.119 e. The van der Waals surface area contributed by atoms with Gasteiger partial charge < -0.3 is 10.1 Å². The van der Waals surface area contributed by atoms with Crippen molar-refractivity contribution in [1.82, 2.24) is 15.1 Å². The normalized spacial score (nSPS) is 17.5. The van der Waals surface area contributed by atoms with Crippen molar-refractivity contribution in [2.24, 2.45) is 7.05 Å². The molecule has 21 heavy (non-hydrogen) atoms. The Balaban J connectivity index is 1.67. The van der Waals surface area contributed by atoms with Gasteiger partial charge in [-0.05, 0) is 43.9 Å². The van der Waals surface area contributed by atoms with Gasteiger partial charge in [-0.15, -0.1) is 0 Å². The number of ether oxygens (including phenoxy) is 1. The van der Waals surface area contributed by atoms with E-state index in [4.69, 9.17) is 4.74 Å².